The summed E-state index contributed by atoms with van der Waals surface area (Å²) in [5.41, 5.74) is 1.61. The molecule has 0 aliphatic carbocycles. The number of aryl methyl sites for hydroxylation is 1. The van der Waals surface area contributed by atoms with E-state index >= 15 is 0 Å². The van der Waals surface area contributed by atoms with Crippen LogP contribution in [-0.4, -0.2) is 29.7 Å². The predicted molar refractivity (Wildman–Crippen MR) is 106 cm³/mol. The molecule has 2 aromatic carbocycles. The lowest BCUT2D eigenvalue weighted by atomic mass is 10.1. The average molecular weight is 383 g/mol. The van der Waals surface area contributed by atoms with Gasteiger partial charge in [-0.25, -0.2) is 4.39 Å². The molecule has 1 N–H and O–H groups in total. The van der Waals surface area contributed by atoms with Crippen molar-refractivity contribution in [1.29, 1.82) is 0 Å². The number of rotatable bonds is 6. The van der Waals surface area contributed by atoms with Crippen molar-refractivity contribution in [3.05, 3.63) is 66.0 Å². The van der Waals surface area contributed by atoms with Gasteiger partial charge in [-0.15, -0.1) is 0 Å². The quantitative estimate of drug-likeness (QED) is 0.361. The third kappa shape index (κ3) is 4.62. The molecule has 0 aromatic heterocycles. The first-order chi connectivity index (χ1) is 13.1. The lowest BCUT2D eigenvalue weighted by molar-refractivity contribution is -0.130. The summed E-state index contributed by atoms with van der Waals surface area (Å²) in [6, 6.07) is 15.4. The van der Waals surface area contributed by atoms with Gasteiger partial charge in [-0.1, -0.05) is 30.3 Å². The van der Waals surface area contributed by atoms with Gasteiger partial charge < -0.3 is 5.32 Å². The van der Waals surface area contributed by atoms with Gasteiger partial charge >= 0.3 is 0 Å². The van der Waals surface area contributed by atoms with Gasteiger partial charge in [0.25, 0.3) is 5.91 Å². The number of nitrogens with zero attached hydrogens (tertiary/aromatic N) is 2. The SMILES string of the molecule is O=C1NC(=S)N(c2ccc(F)cc2)C(=O)C1C=NCCCc1ccccc1. The highest BCUT2D eigenvalue weighted by molar-refractivity contribution is 7.80. The molecule has 1 aliphatic rings. The molecule has 7 heteroatoms. The Morgan fingerprint density at radius 2 is 1.81 bits per heavy atom. The Balaban J connectivity index is 1.63. The zero-order chi connectivity index (χ0) is 19.2. The second-order valence-corrected chi connectivity index (χ2v) is 6.45. The fraction of sp³-hybridized carbons (Fsp3) is 0.200. The number of thiocarbonyl (C=S) groups is 1. The Morgan fingerprint density at radius 1 is 1.11 bits per heavy atom. The number of nitrogens with one attached hydrogen (secondary N) is 1. The van der Waals surface area contributed by atoms with Crippen LogP contribution in [0.25, 0.3) is 0 Å². The molecule has 1 saturated heterocycles. The van der Waals surface area contributed by atoms with E-state index in [2.05, 4.69) is 10.3 Å². The number of benzene rings is 2. The summed E-state index contributed by atoms with van der Waals surface area (Å²) in [7, 11) is 0. The molecule has 2 amide bonds. The second kappa shape index (κ2) is 8.64. The molecular weight excluding hydrogens is 365 g/mol. The maximum Gasteiger partial charge on any atom is 0.251 e. The highest BCUT2D eigenvalue weighted by Crippen LogP contribution is 2.20. The number of hydrogen-bond acceptors (Lipinski definition) is 4. The lowest BCUT2D eigenvalue weighted by Crippen LogP contribution is -2.58. The van der Waals surface area contributed by atoms with Crippen molar-refractivity contribution in [2.75, 3.05) is 11.4 Å². The molecule has 2 aromatic rings. The minimum absolute atomic E-state index is 0.0228. The van der Waals surface area contributed by atoms with E-state index in [1.54, 1.807) is 0 Å². The van der Waals surface area contributed by atoms with E-state index in [4.69, 9.17) is 12.2 Å². The van der Waals surface area contributed by atoms with Crippen LogP contribution in [-0.2, 0) is 16.0 Å². The predicted octanol–water partition coefficient (Wildman–Crippen LogP) is 2.89. The van der Waals surface area contributed by atoms with Crippen LogP contribution in [0.15, 0.2) is 59.6 Å². The fourth-order valence-electron chi connectivity index (χ4n) is 2.76. The minimum Gasteiger partial charge on any atom is -0.301 e. The molecule has 0 bridgehead atoms. The highest BCUT2D eigenvalue weighted by atomic mass is 32.1. The largest absolute Gasteiger partial charge is 0.301 e. The third-order valence-electron chi connectivity index (χ3n) is 4.14. The molecule has 0 saturated carbocycles. The number of hydrogen-bond donors (Lipinski definition) is 1. The summed E-state index contributed by atoms with van der Waals surface area (Å²) in [6.45, 7) is 0.507. The topological polar surface area (TPSA) is 61.8 Å². The summed E-state index contributed by atoms with van der Waals surface area (Å²) in [5.74, 6) is -2.48. The first kappa shape index (κ1) is 18.8. The molecule has 138 valence electrons. The van der Waals surface area contributed by atoms with E-state index in [0.29, 0.717) is 12.2 Å². The zero-order valence-electron chi connectivity index (χ0n) is 14.5. The van der Waals surface area contributed by atoms with E-state index in [0.717, 1.165) is 12.8 Å². The van der Waals surface area contributed by atoms with Gasteiger partial charge in [0.2, 0.25) is 5.91 Å². The zero-order valence-corrected chi connectivity index (χ0v) is 15.3. The fourth-order valence-corrected chi connectivity index (χ4v) is 3.05. The average Bonchev–Trinajstić information content (AvgIpc) is 2.66. The highest BCUT2D eigenvalue weighted by Gasteiger charge is 2.38. The molecule has 1 heterocycles. The van der Waals surface area contributed by atoms with Gasteiger partial charge in [-0.3, -0.25) is 19.5 Å². The molecule has 0 spiro atoms. The summed E-state index contributed by atoms with van der Waals surface area (Å²) < 4.78 is 13.1. The summed E-state index contributed by atoms with van der Waals surface area (Å²) in [6.07, 6.45) is 3.04. The number of anilines is 1. The smallest absolute Gasteiger partial charge is 0.251 e. The number of amides is 2. The minimum atomic E-state index is -1.06. The van der Waals surface area contributed by atoms with Crippen molar-refractivity contribution in [2.45, 2.75) is 12.8 Å². The van der Waals surface area contributed by atoms with Crippen LogP contribution in [0.1, 0.15) is 12.0 Å². The monoisotopic (exact) mass is 383 g/mol. The van der Waals surface area contributed by atoms with Crippen molar-refractivity contribution in [3.63, 3.8) is 0 Å². The van der Waals surface area contributed by atoms with Crippen molar-refractivity contribution in [1.82, 2.24) is 5.32 Å². The normalized spacial score (nSPS) is 17.4. The van der Waals surface area contributed by atoms with Gasteiger partial charge in [0.05, 0.1) is 5.69 Å². The van der Waals surface area contributed by atoms with Gasteiger partial charge in [0.15, 0.2) is 11.0 Å². The maximum absolute atomic E-state index is 13.1. The maximum atomic E-state index is 13.1. The first-order valence-electron chi connectivity index (χ1n) is 8.54. The first-order valence-corrected chi connectivity index (χ1v) is 8.95. The molecule has 1 unspecified atom stereocenters. The van der Waals surface area contributed by atoms with Crippen molar-refractivity contribution >= 4 is 41.0 Å². The van der Waals surface area contributed by atoms with Gasteiger partial charge in [0.1, 0.15) is 5.82 Å². The molecule has 5 nitrogen and oxygen atoms in total. The summed E-state index contributed by atoms with van der Waals surface area (Å²) in [5, 5.41) is 2.48. The van der Waals surface area contributed by atoms with Crippen LogP contribution in [0.3, 0.4) is 0 Å². The number of carbonyl (C=O) groups is 2. The Hall–Kier alpha value is -2.93. The van der Waals surface area contributed by atoms with Gasteiger partial charge in [0, 0.05) is 12.8 Å². The summed E-state index contributed by atoms with van der Waals surface area (Å²) in [4.78, 5) is 30.3. The Bertz CT molecular complexity index is 869. The van der Waals surface area contributed by atoms with Gasteiger partial charge in [-0.05, 0) is 54.9 Å². The molecule has 1 atom stereocenters. The molecule has 3 rings (SSSR count). The third-order valence-corrected chi connectivity index (χ3v) is 4.42. The Labute approximate surface area is 161 Å². The van der Waals surface area contributed by atoms with Crippen LogP contribution >= 0.6 is 12.2 Å². The van der Waals surface area contributed by atoms with Crippen molar-refractivity contribution < 1.29 is 14.0 Å². The van der Waals surface area contributed by atoms with Crippen LogP contribution in [0.5, 0.6) is 0 Å². The van der Waals surface area contributed by atoms with E-state index in [9.17, 15) is 14.0 Å². The van der Waals surface area contributed by atoms with Crippen molar-refractivity contribution in [3.8, 4) is 0 Å². The van der Waals surface area contributed by atoms with Crippen molar-refractivity contribution in [2.24, 2.45) is 10.9 Å². The lowest BCUT2D eigenvalue weighted by Gasteiger charge is -2.30. The molecule has 0 radical (unpaired) electrons. The van der Waals surface area contributed by atoms with Crippen LogP contribution < -0.4 is 10.2 Å². The molecule has 1 fully saturated rings. The number of aliphatic imine (C=N–C) groups is 1. The molecule has 1 aliphatic heterocycles. The summed E-state index contributed by atoms with van der Waals surface area (Å²) >= 11 is 5.09. The van der Waals surface area contributed by atoms with E-state index in [1.807, 2.05) is 30.3 Å². The van der Waals surface area contributed by atoms with E-state index in [1.165, 1.54) is 40.9 Å². The Morgan fingerprint density at radius 3 is 2.52 bits per heavy atom. The van der Waals surface area contributed by atoms with E-state index < -0.39 is 23.5 Å². The van der Waals surface area contributed by atoms with E-state index in [-0.39, 0.29) is 5.11 Å². The van der Waals surface area contributed by atoms with Gasteiger partial charge in [-0.2, -0.15) is 0 Å². The van der Waals surface area contributed by atoms with Crippen LogP contribution in [0, 0.1) is 11.7 Å². The molecular formula is C20H18FN3O2S. The number of halogens is 1. The Kier molecular flexibility index (Phi) is 6.03. The van der Waals surface area contributed by atoms with Crippen LogP contribution in [0.4, 0.5) is 10.1 Å². The van der Waals surface area contributed by atoms with Crippen LogP contribution in [0.2, 0.25) is 0 Å². The standard InChI is InChI=1S/C20H18FN3O2S/c21-15-8-10-16(11-9-15)24-19(26)17(18(25)23-20(24)27)13-22-12-4-7-14-5-2-1-3-6-14/h1-3,5-6,8-11,13,17H,4,7,12H2,(H,23,25,27). The molecule has 27 heavy (non-hydrogen) atoms. The second-order valence-electron chi connectivity index (χ2n) is 6.07. The number of carbonyl (C=O) groups excluding carboxylic acids is 2.